The van der Waals surface area contributed by atoms with Crippen molar-refractivity contribution in [3.8, 4) is 28.8 Å². The van der Waals surface area contributed by atoms with Crippen molar-refractivity contribution in [3.63, 3.8) is 0 Å². The van der Waals surface area contributed by atoms with Crippen LogP contribution in [0.1, 0.15) is 5.56 Å². The van der Waals surface area contributed by atoms with E-state index < -0.39 is 6.16 Å². The summed E-state index contributed by atoms with van der Waals surface area (Å²) in [6.07, 6.45) is -0.220. The molecular formula is C18H13ClN2O4. The molecule has 0 spiro atoms. The Hall–Kier alpha value is -3.12. The Balaban J connectivity index is 2.04. The third-order valence-electron chi connectivity index (χ3n) is 3.31. The standard InChI is InChI=1S/C18H13ClN2O4/c1-11-7-8-13(19)9-14(11)24-17-15(25-18(22)23)10-20-16(21-17)12-5-3-2-4-6-12/h2-10H,1H3,(H,22,23). The number of aromatic nitrogens is 2. The summed E-state index contributed by atoms with van der Waals surface area (Å²) >= 11 is 6.00. The third kappa shape index (κ3) is 4.05. The van der Waals surface area contributed by atoms with Gasteiger partial charge in [-0.05, 0) is 24.6 Å². The SMILES string of the molecule is Cc1ccc(Cl)cc1Oc1nc(-c2ccccc2)ncc1OC(=O)O. The molecule has 3 aromatic rings. The minimum atomic E-state index is -1.48. The first-order valence-corrected chi connectivity index (χ1v) is 7.68. The van der Waals surface area contributed by atoms with Crippen molar-refractivity contribution >= 4 is 17.8 Å². The van der Waals surface area contributed by atoms with Gasteiger partial charge in [0.25, 0.3) is 5.88 Å². The lowest BCUT2D eigenvalue weighted by molar-refractivity contribution is 0.142. The molecule has 0 bridgehead atoms. The molecule has 25 heavy (non-hydrogen) atoms. The molecule has 1 N–H and O–H groups in total. The predicted molar refractivity (Wildman–Crippen MR) is 92.4 cm³/mol. The summed E-state index contributed by atoms with van der Waals surface area (Å²) in [6.45, 7) is 1.84. The average molecular weight is 357 g/mol. The van der Waals surface area contributed by atoms with Crippen LogP contribution in [-0.2, 0) is 0 Å². The van der Waals surface area contributed by atoms with Crippen LogP contribution in [0.25, 0.3) is 11.4 Å². The zero-order chi connectivity index (χ0) is 17.8. The van der Waals surface area contributed by atoms with Crippen LogP contribution in [0.2, 0.25) is 5.02 Å². The molecular weight excluding hydrogens is 344 g/mol. The molecule has 0 amide bonds. The van der Waals surface area contributed by atoms with Crippen LogP contribution in [0, 0.1) is 6.92 Å². The molecule has 126 valence electrons. The molecule has 0 aliphatic carbocycles. The van der Waals surface area contributed by atoms with Gasteiger partial charge in [-0.25, -0.2) is 9.78 Å². The Labute approximate surface area is 148 Å². The molecule has 0 radical (unpaired) electrons. The molecule has 0 fully saturated rings. The smallest absolute Gasteiger partial charge is 0.449 e. The first-order valence-electron chi connectivity index (χ1n) is 7.30. The molecule has 0 saturated heterocycles. The van der Waals surface area contributed by atoms with Crippen LogP contribution >= 0.6 is 11.6 Å². The Kier molecular flexibility index (Phi) is 4.81. The molecule has 7 heteroatoms. The number of rotatable bonds is 4. The molecule has 6 nitrogen and oxygen atoms in total. The Morgan fingerprint density at radius 3 is 2.60 bits per heavy atom. The quantitative estimate of drug-likeness (QED) is 0.666. The van der Waals surface area contributed by atoms with Crippen LogP contribution in [-0.4, -0.2) is 21.2 Å². The van der Waals surface area contributed by atoms with Crippen LogP contribution in [0.4, 0.5) is 4.79 Å². The van der Waals surface area contributed by atoms with Gasteiger partial charge in [-0.3, -0.25) is 0 Å². The lowest BCUT2D eigenvalue weighted by Crippen LogP contribution is -2.06. The molecule has 0 aliphatic rings. The molecule has 2 aromatic carbocycles. The maximum atomic E-state index is 10.9. The van der Waals surface area contributed by atoms with Crippen LogP contribution in [0.3, 0.4) is 0 Å². The lowest BCUT2D eigenvalue weighted by Gasteiger charge is -2.12. The number of carboxylic acid groups (broad SMARTS) is 1. The van der Waals surface area contributed by atoms with E-state index in [1.807, 2.05) is 37.3 Å². The second-order valence-corrected chi connectivity index (χ2v) is 5.55. The summed E-state index contributed by atoms with van der Waals surface area (Å²) in [6, 6.07) is 14.4. The second kappa shape index (κ2) is 7.19. The van der Waals surface area contributed by atoms with Gasteiger partial charge in [0, 0.05) is 10.6 Å². The van der Waals surface area contributed by atoms with Crippen LogP contribution in [0.5, 0.6) is 17.4 Å². The highest BCUT2D eigenvalue weighted by Crippen LogP contribution is 2.33. The van der Waals surface area contributed by atoms with E-state index in [0.717, 1.165) is 11.1 Å². The fourth-order valence-corrected chi connectivity index (χ4v) is 2.27. The molecule has 1 heterocycles. The van der Waals surface area contributed by atoms with E-state index in [2.05, 4.69) is 9.97 Å². The monoisotopic (exact) mass is 356 g/mol. The van der Waals surface area contributed by atoms with E-state index in [1.54, 1.807) is 18.2 Å². The van der Waals surface area contributed by atoms with Crippen LogP contribution < -0.4 is 9.47 Å². The van der Waals surface area contributed by atoms with Crippen molar-refractivity contribution in [3.05, 3.63) is 65.3 Å². The van der Waals surface area contributed by atoms with E-state index in [1.165, 1.54) is 6.20 Å². The summed E-state index contributed by atoms with van der Waals surface area (Å²) in [7, 11) is 0. The Morgan fingerprint density at radius 2 is 1.88 bits per heavy atom. The van der Waals surface area contributed by atoms with E-state index >= 15 is 0 Å². The molecule has 0 unspecified atom stereocenters. The second-order valence-electron chi connectivity index (χ2n) is 5.11. The van der Waals surface area contributed by atoms with Crippen molar-refractivity contribution in [2.75, 3.05) is 0 Å². The molecule has 0 aliphatic heterocycles. The predicted octanol–water partition coefficient (Wildman–Crippen LogP) is 4.95. The molecule has 1 aromatic heterocycles. The number of ether oxygens (including phenoxy) is 2. The van der Waals surface area contributed by atoms with Gasteiger partial charge < -0.3 is 14.6 Å². The number of benzene rings is 2. The third-order valence-corrected chi connectivity index (χ3v) is 3.54. The van der Waals surface area contributed by atoms with E-state index in [9.17, 15) is 4.79 Å². The topological polar surface area (TPSA) is 81.5 Å². The summed E-state index contributed by atoms with van der Waals surface area (Å²) in [5, 5.41) is 9.37. The Bertz CT molecular complexity index is 916. The number of halogens is 1. The summed E-state index contributed by atoms with van der Waals surface area (Å²) in [5.41, 5.74) is 1.57. The number of aryl methyl sites for hydroxylation is 1. The maximum absolute atomic E-state index is 10.9. The average Bonchev–Trinajstić information content (AvgIpc) is 2.60. The number of hydrogen-bond donors (Lipinski definition) is 1. The molecule has 3 rings (SSSR count). The minimum Gasteiger partial charge on any atom is -0.449 e. The summed E-state index contributed by atoms with van der Waals surface area (Å²) in [5.74, 6) is 0.710. The summed E-state index contributed by atoms with van der Waals surface area (Å²) in [4.78, 5) is 19.3. The zero-order valence-electron chi connectivity index (χ0n) is 13.1. The van der Waals surface area contributed by atoms with Gasteiger partial charge in [0.15, 0.2) is 5.82 Å². The highest BCUT2D eigenvalue weighted by molar-refractivity contribution is 6.30. The van der Waals surface area contributed by atoms with Gasteiger partial charge in [-0.1, -0.05) is 48.0 Å². The van der Waals surface area contributed by atoms with Crippen molar-refractivity contribution in [2.24, 2.45) is 0 Å². The van der Waals surface area contributed by atoms with Crippen LogP contribution in [0.15, 0.2) is 54.7 Å². The van der Waals surface area contributed by atoms with Crippen molar-refractivity contribution < 1.29 is 19.4 Å². The van der Waals surface area contributed by atoms with Crippen molar-refractivity contribution in [1.29, 1.82) is 0 Å². The lowest BCUT2D eigenvalue weighted by atomic mass is 10.2. The highest BCUT2D eigenvalue weighted by Gasteiger charge is 2.16. The maximum Gasteiger partial charge on any atom is 0.511 e. The fraction of sp³-hybridized carbons (Fsp3) is 0.0556. The van der Waals surface area contributed by atoms with E-state index in [4.69, 9.17) is 26.2 Å². The zero-order valence-corrected chi connectivity index (χ0v) is 13.9. The summed E-state index contributed by atoms with van der Waals surface area (Å²) < 4.78 is 10.5. The van der Waals surface area contributed by atoms with Gasteiger partial charge in [-0.15, -0.1) is 0 Å². The first kappa shape index (κ1) is 16.7. The number of carbonyl (C=O) groups is 1. The largest absolute Gasteiger partial charge is 0.511 e. The first-order chi connectivity index (χ1) is 12.0. The molecule has 0 atom stereocenters. The van der Waals surface area contributed by atoms with E-state index in [0.29, 0.717) is 16.6 Å². The van der Waals surface area contributed by atoms with E-state index in [-0.39, 0.29) is 11.6 Å². The number of nitrogens with zero attached hydrogens (tertiary/aromatic N) is 2. The normalized spacial score (nSPS) is 10.3. The van der Waals surface area contributed by atoms with Gasteiger partial charge >= 0.3 is 6.16 Å². The van der Waals surface area contributed by atoms with Gasteiger partial charge in [0.2, 0.25) is 5.75 Å². The highest BCUT2D eigenvalue weighted by atomic mass is 35.5. The Morgan fingerprint density at radius 1 is 1.12 bits per heavy atom. The van der Waals surface area contributed by atoms with Gasteiger partial charge in [0.1, 0.15) is 5.75 Å². The minimum absolute atomic E-state index is 0.0124. The van der Waals surface area contributed by atoms with Gasteiger partial charge in [0.05, 0.1) is 6.20 Å². The fourth-order valence-electron chi connectivity index (χ4n) is 2.11. The van der Waals surface area contributed by atoms with Gasteiger partial charge in [-0.2, -0.15) is 4.98 Å². The van der Waals surface area contributed by atoms with Crippen molar-refractivity contribution in [2.45, 2.75) is 6.92 Å². The number of hydrogen-bond acceptors (Lipinski definition) is 5. The van der Waals surface area contributed by atoms with Crippen molar-refractivity contribution in [1.82, 2.24) is 9.97 Å². The molecule has 0 saturated carbocycles.